The number of aryl methyl sites for hydroxylation is 1. The Morgan fingerprint density at radius 1 is 1.08 bits per heavy atom. The lowest BCUT2D eigenvalue weighted by Gasteiger charge is -2.07. The summed E-state index contributed by atoms with van der Waals surface area (Å²) < 4.78 is 6.53. The van der Waals surface area contributed by atoms with Crippen molar-refractivity contribution >= 4 is 39.6 Å². The first-order valence-corrected chi connectivity index (χ1v) is 11.3. The highest BCUT2D eigenvalue weighted by Crippen LogP contribution is 2.24. The molecule has 0 fully saturated rings. The Labute approximate surface area is 212 Å². The SMILES string of the molecule is Cn1c(=O)oc2ccc(CNC(=O)c3ncnc4c(NC(=O)c5ccc(-c6nn[nH]n6)cc5)c[nH]c34)cc21. The summed E-state index contributed by atoms with van der Waals surface area (Å²) in [7, 11) is 1.61. The van der Waals surface area contributed by atoms with Crippen LogP contribution in [0.5, 0.6) is 0 Å². The third-order valence-electron chi connectivity index (χ3n) is 5.99. The minimum Gasteiger partial charge on any atom is -0.408 e. The topological polar surface area (TPSA) is 189 Å². The molecule has 0 unspecified atom stereocenters. The molecule has 2 aromatic carbocycles. The minimum atomic E-state index is -0.458. The molecule has 14 heteroatoms. The van der Waals surface area contributed by atoms with Crippen LogP contribution in [0.2, 0.25) is 0 Å². The second-order valence-electron chi connectivity index (χ2n) is 8.33. The molecule has 2 amide bonds. The molecule has 0 bridgehead atoms. The number of carbonyl (C=O) groups is 2. The quantitative estimate of drug-likeness (QED) is 0.259. The van der Waals surface area contributed by atoms with E-state index in [2.05, 4.69) is 46.2 Å². The van der Waals surface area contributed by atoms with Crippen LogP contribution >= 0.6 is 0 Å². The van der Waals surface area contributed by atoms with Gasteiger partial charge in [-0.25, -0.2) is 14.8 Å². The molecule has 0 atom stereocenters. The van der Waals surface area contributed by atoms with E-state index in [1.54, 1.807) is 55.7 Å². The van der Waals surface area contributed by atoms with Gasteiger partial charge in [0.2, 0.25) is 5.82 Å². The van der Waals surface area contributed by atoms with E-state index in [4.69, 9.17) is 4.42 Å². The summed E-state index contributed by atoms with van der Waals surface area (Å²) in [5.74, 6) is -0.835. The molecular formula is C24H18N10O4. The van der Waals surface area contributed by atoms with Gasteiger partial charge in [-0.1, -0.05) is 18.2 Å². The molecule has 6 aromatic rings. The third kappa shape index (κ3) is 4.05. The second-order valence-corrected chi connectivity index (χ2v) is 8.33. The molecule has 4 N–H and O–H groups in total. The van der Waals surface area contributed by atoms with E-state index in [1.807, 2.05) is 0 Å². The van der Waals surface area contributed by atoms with Crippen molar-refractivity contribution in [3.63, 3.8) is 0 Å². The zero-order valence-corrected chi connectivity index (χ0v) is 19.7. The minimum absolute atomic E-state index is 0.122. The normalized spacial score (nSPS) is 11.2. The van der Waals surface area contributed by atoms with E-state index in [0.29, 0.717) is 44.8 Å². The zero-order chi connectivity index (χ0) is 26.2. The monoisotopic (exact) mass is 510 g/mol. The van der Waals surface area contributed by atoms with Gasteiger partial charge in [0.1, 0.15) is 11.8 Å². The van der Waals surface area contributed by atoms with Gasteiger partial charge >= 0.3 is 5.76 Å². The van der Waals surface area contributed by atoms with Gasteiger partial charge in [0, 0.05) is 30.9 Å². The number of nitrogens with zero attached hydrogens (tertiary/aromatic N) is 6. The van der Waals surface area contributed by atoms with Crippen LogP contribution in [0.1, 0.15) is 26.4 Å². The molecule has 0 spiro atoms. The van der Waals surface area contributed by atoms with Gasteiger partial charge in [0.25, 0.3) is 11.8 Å². The van der Waals surface area contributed by atoms with Crippen LogP contribution in [0.15, 0.2) is 64.2 Å². The molecule has 0 aliphatic carbocycles. The maximum absolute atomic E-state index is 12.9. The number of oxazole rings is 1. The molecule has 188 valence electrons. The summed E-state index contributed by atoms with van der Waals surface area (Å²) >= 11 is 0. The number of nitrogens with one attached hydrogen (secondary N) is 4. The standard InChI is InChI=1S/C24H18N10O4/c1-34-16-8-12(2-7-17(16)38-24(34)37)9-26-23(36)20-19-18(27-11-28-20)15(10-25-19)29-22(35)14-5-3-13(4-6-14)21-30-32-33-31-21/h2-8,10-11,25H,9H2,1H3,(H,26,36)(H,29,35)(H,30,31,32,33). The molecule has 0 radical (unpaired) electrons. The number of aromatic nitrogens is 8. The summed E-state index contributed by atoms with van der Waals surface area (Å²) in [4.78, 5) is 48.8. The van der Waals surface area contributed by atoms with E-state index < -0.39 is 11.7 Å². The van der Waals surface area contributed by atoms with Crippen molar-refractivity contribution in [3.05, 3.63) is 82.4 Å². The smallest absolute Gasteiger partial charge is 0.408 e. The maximum atomic E-state index is 12.9. The molecule has 4 aromatic heterocycles. The zero-order valence-electron chi connectivity index (χ0n) is 19.7. The van der Waals surface area contributed by atoms with Crippen LogP contribution in [0.25, 0.3) is 33.5 Å². The van der Waals surface area contributed by atoms with Gasteiger partial charge in [-0.2, -0.15) is 5.21 Å². The highest BCUT2D eigenvalue weighted by atomic mass is 16.4. The number of benzene rings is 2. The molecule has 0 aliphatic rings. The number of H-pyrrole nitrogens is 2. The van der Waals surface area contributed by atoms with Crippen molar-refractivity contribution in [3.8, 4) is 11.4 Å². The predicted octanol–water partition coefficient (Wildman–Crippen LogP) is 1.77. The van der Waals surface area contributed by atoms with E-state index in [9.17, 15) is 14.4 Å². The Bertz CT molecular complexity index is 1870. The lowest BCUT2D eigenvalue weighted by Crippen LogP contribution is -2.24. The highest BCUT2D eigenvalue weighted by molar-refractivity contribution is 6.11. The van der Waals surface area contributed by atoms with Gasteiger partial charge < -0.3 is 20.0 Å². The molecule has 0 aliphatic heterocycles. The number of rotatable bonds is 6. The molecule has 38 heavy (non-hydrogen) atoms. The number of anilines is 1. The van der Waals surface area contributed by atoms with Crippen molar-refractivity contribution < 1.29 is 14.0 Å². The van der Waals surface area contributed by atoms with Gasteiger partial charge in [-0.3, -0.25) is 14.2 Å². The Balaban J connectivity index is 1.18. The van der Waals surface area contributed by atoms with E-state index in [1.165, 1.54) is 10.9 Å². The average molecular weight is 510 g/mol. The second kappa shape index (κ2) is 9.09. The molecule has 4 heterocycles. The van der Waals surface area contributed by atoms with Crippen molar-refractivity contribution in [1.82, 2.24) is 45.5 Å². The van der Waals surface area contributed by atoms with E-state index in [-0.39, 0.29) is 18.1 Å². The van der Waals surface area contributed by atoms with Crippen LogP contribution in [0.4, 0.5) is 5.69 Å². The van der Waals surface area contributed by atoms with Crippen LogP contribution in [-0.4, -0.2) is 52.0 Å². The first kappa shape index (κ1) is 22.8. The lowest BCUT2D eigenvalue weighted by atomic mass is 10.1. The Morgan fingerprint density at radius 2 is 1.92 bits per heavy atom. The van der Waals surface area contributed by atoms with Crippen LogP contribution in [-0.2, 0) is 13.6 Å². The number of fused-ring (bicyclic) bond motifs is 2. The molecule has 0 saturated carbocycles. The highest BCUT2D eigenvalue weighted by Gasteiger charge is 2.18. The fourth-order valence-electron chi connectivity index (χ4n) is 4.00. The van der Waals surface area contributed by atoms with Gasteiger partial charge in [0.05, 0.1) is 16.7 Å². The fraction of sp³-hybridized carbons (Fsp3) is 0.0833. The van der Waals surface area contributed by atoms with Crippen molar-refractivity contribution in [2.24, 2.45) is 7.05 Å². The van der Waals surface area contributed by atoms with Crippen molar-refractivity contribution in [2.75, 3.05) is 5.32 Å². The summed E-state index contributed by atoms with van der Waals surface area (Å²) in [5.41, 5.74) is 4.26. The Morgan fingerprint density at radius 3 is 2.71 bits per heavy atom. The fourth-order valence-corrected chi connectivity index (χ4v) is 4.00. The summed E-state index contributed by atoms with van der Waals surface area (Å²) in [6.07, 6.45) is 2.81. The predicted molar refractivity (Wildman–Crippen MR) is 134 cm³/mol. The van der Waals surface area contributed by atoms with Crippen LogP contribution < -0.4 is 16.4 Å². The number of carbonyl (C=O) groups excluding carboxylic acids is 2. The number of hydrogen-bond acceptors (Lipinski definition) is 9. The summed E-state index contributed by atoms with van der Waals surface area (Å²) in [6.45, 7) is 0.198. The van der Waals surface area contributed by atoms with E-state index >= 15 is 0 Å². The van der Waals surface area contributed by atoms with E-state index in [0.717, 1.165) is 5.56 Å². The van der Waals surface area contributed by atoms with Gasteiger partial charge in [-0.15, -0.1) is 10.2 Å². The average Bonchev–Trinajstić information content (AvgIpc) is 3.68. The Hall–Kier alpha value is -5.66. The number of amides is 2. The first-order valence-electron chi connectivity index (χ1n) is 11.3. The van der Waals surface area contributed by atoms with Gasteiger partial charge in [-0.05, 0) is 35.0 Å². The van der Waals surface area contributed by atoms with Gasteiger partial charge in [0.15, 0.2) is 11.3 Å². The summed E-state index contributed by atoms with van der Waals surface area (Å²) in [6, 6.07) is 11.9. The maximum Gasteiger partial charge on any atom is 0.419 e. The number of aromatic amines is 2. The number of hydrogen-bond donors (Lipinski definition) is 4. The molecule has 6 rings (SSSR count). The third-order valence-corrected chi connectivity index (χ3v) is 5.99. The largest absolute Gasteiger partial charge is 0.419 e. The molecule has 0 saturated heterocycles. The summed E-state index contributed by atoms with van der Waals surface area (Å²) in [5, 5.41) is 19.3. The Kier molecular flexibility index (Phi) is 5.45. The van der Waals surface area contributed by atoms with Crippen molar-refractivity contribution in [2.45, 2.75) is 6.54 Å². The van der Waals surface area contributed by atoms with Crippen LogP contribution in [0, 0.1) is 0 Å². The first-order chi connectivity index (χ1) is 18.5. The number of tetrazole rings is 1. The lowest BCUT2D eigenvalue weighted by molar-refractivity contribution is 0.0946. The molecular weight excluding hydrogens is 492 g/mol. The van der Waals surface area contributed by atoms with Crippen LogP contribution in [0.3, 0.4) is 0 Å². The van der Waals surface area contributed by atoms with Crippen molar-refractivity contribution in [1.29, 1.82) is 0 Å². The molecule has 14 nitrogen and oxygen atoms in total.